The zero-order chi connectivity index (χ0) is 11.1. The van der Waals surface area contributed by atoms with E-state index >= 15 is 0 Å². The van der Waals surface area contributed by atoms with E-state index in [9.17, 15) is 0 Å². The molecule has 0 amide bonds. The Balaban J connectivity index is 2.40. The highest BCUT2D eigenvalue weighted by atomic mass is 127. The molecule has 0 aliphatic rings. The molecular weight excluding hydrogens is 313 g/mol. The number of halogens is 1. The first-order valence-corrected chi connectivity index (χ1v) is 6.03. The van der Waals surface area contributed by atoms with Gasteiger partial charge in [0, 0.05) is 23.5 Å². The zero-order valence-electron chi connectivity index (χ0n) is 8.77. The van der Waals surface area contributed by atoms with E-state index < -0.39 is 0 Å². The lowest BCUT2D eigenvalue weighted by atomic mass is 10.1. The van der Waals surface area contributed by atoms with E-state index in [1.54, 1.807) is 0 Å². The van der Waals surface area contributed by atoms with Crippen molar-refractivity contribution in [2.75, 3.05) is 10.2 Å². The number of fused-ring (bicyclic) bond motifs is 3. The molecule has 0 unspecified atom stereocenters. The highest BCUT2D eigenvalue weighted by Gasteiger charge is 2.07. The lowest BCUT2D eigenvalue weighted by Crippen LogP contribution is -1.98. The van der Waals surface area contributed by atoms with Crippen LogP contribution in [0.15, 0.2) is 46.9 Å². The minimum absolute atomic E-state index is 0.947. The third kappa shape index (κ3) is 1.46. The van der Waals surface area contributed by atoms with Gasteiger partial charge in [0.15, 0.2) is 0 Å². The summed E-state index contributed by atoms with van der Waals surface area (Å²) in [5, 5.41) is 2.36. The second-order valence-electron chi connectivity index (χ2n) is 3.76. The maximum atomic E-state index is 5.77. The number of rotatable bonds is 1. The Bertz CT molecular complexity index is 657. The fourth-order valence-electron chi connectivity index (χ4n) is 1.91. The number of hydrogen-bond donors (Lipinski definition) is 0. The van der Waals surface area contributed by atoms with Crippen LogP contribution >= 0.6 is 22.9 Å². The summed E-state index contributed by atoms with van der Waals surface area (Å²) < 4.78 is 7.83. The van der Waals surface area contributed by atoms with Gasteiger partial charge < -0.3 is 7.53 Å². The van der Waals surface area contributed by atoms with Gasteiger partial charge in [-0.2, -0.15) is 0 Å². The fraction of sp³-hybridized carbons (Fsp3) is 0.0769. The van der Waals surface area contributed by atoms with Gasteiger partial charge in [-0.25, -0.2) is 0 Å². The summed E-state index contributed by atoms with van der Waals surface area (Å²) in [7, 11) is 2.03. The van der Waals surface area contributed by atoms with Crippen LogP contribution in [0.4, 0.5) is 5.69 Å². The molecular formula is C13H10INO. The van der Waals surface area contributed by atoms with Gasteiger partial charge in [0.1, 0.15) is 11.2 Å². The number of furan rings is 1. The van der Waals surface area contributed by atoms with Crippen LogP contribution in [-0.4, -0.2) is 7.05 Å². The highest BCUT2D eigenvalue weighted by Crippen LogP contribution is 2.31. The van der Waals surface area contributed by atoms with Crippen LogP contribution in [-0.2, 0) is 0 Å². The van der Waals surface area contributed by atoms with Gasteiger partial charge in [-0.05, 0) is 24.3 Å². The number of hydrogen-bond acceptors (Lipinski definition) is 2. The lowest BCUT2D eigenvalue weighted by molar-refractivity contribution is 0.669. The van der Waals surface area contributed by atoms with Crippen LogP contribution in [0, 0.1) is 0 Å². The van der Waals surface area contributed by atoms with Crippen LogP contribution in [0.25, 0.3) is 21.9 Å². The number of para-hydroxylation sites is 1. The summed E-state index contributed by atoms with van der Waals surface area (Å²) in [6.07, 6.45) is 0. The summed E-state index contributed by atoms with van der Waals surface area (Å²) in [5.41, 5.74) is 3.08. The molecule has 1 aromatic heterocycles. The van der Waals surface area contributed by atoms with Crippen LogP contribution < -0.4 is 3.11 Å². The third-order valence-corrected chi connectivity index (χ3v) is 3.27. The summed E-state index contributed by atoms with van der Waals surface area (Å²) in [6.45, 7) is 0. The van der Waals surface area contributed by atoms with Gasteiger partial charge in [0.05, 0.1) is 22.9 Å². The van der Waals surface area contributed by atoms with E-state index in [4.69, 9.17) is 4.42 Å². The topological polar surface area (TPSA) is 16.4 Å². The molecule has 0 saturated carbocycles. The summed E-state index contributed by atoms with van der Waals surface area (Å²) in [5.74, 6) is 0. The van der Waals surface area contributed by atoms with Crippen molar-refractivity contribution >= 4 is 50.5 Å². The van der Waals surface area contributed by atoms with Crippen molar-refractivity contribution in [2.24, 2.45) is 0 Å². The largest absolute Gasteiger partial charge is 0.456 e. The number of benzene rings is 2. The summed E-state index contributed by atoms with van der Waals surface area (Å²) >= 11 is 2.27. The second-order valence-corrected chi connectivity index (χ2v) is 5.20. The second kappa shape index (κ2) is 3.66. The Morgan fingerprint density at radius 3 is 2.56 bits per heavy atom. The molecule has 0 radical (unpaired) electrons. The first-order valence-electron chi connectivity index (χ1n) is 5.06. The van der Waals surface area contributed by atoms with Crippen molar-refractivity contribution in [2.45, 2.75) is 0 Å². The maximum Gasteiger partial charge on any atom is 0.135 e. The number of anilines is 1. The SMILES string of the molecule is CN(I)c1ccc2oc3ccccc3c2c1. The van der Waals surface area contributed by atoms with E-state index in [0.29, 0.717) is 0 Å². The van der Waals surface area contributed by atoms with Crippen LogP contribution in [0.2, 0.25) is 0 Å². The van der Waals surface area contributed by atoms with E-state index in [1.165, 1.54) is 16.5 Å². The molecule has 2 aromatic carbocycles. The monoisotopic (exact) mass is 323 g/mol. The quantitative estimate of drug-likeness (QED) is 0.488. The molecule has 0 N–H and O–H groups in total. The molecule has 0 spiro atoms. The Kier molecular flexibility index (Phi) is 2.28. The molecule has 0 saturated heterocycles. The molecule has 0 bridgehead atoms. The fourth-order valence-corrected chi connectivity index (χ4v) is 2.21. The lowest BCUT2D eigenvalue weighted by Gasteiger charge is -2.08. The Hall–Kier alpha value is -1.23. The van der Waals surface area contributed by atoms with Gasteiger partial charge in [-0.1, -0.05) is 18.2 Å². The molecule has 0 fully saturated rings. The highest BCUT2D eigenvalue weighted by molar-refractivity contribution is 14.1. The van der Waals surface area contributed by atoms with Crippen LogP contribution in [0.3, 0.4) is 0 Å². The van der Waals surface area contributed by atoms with Crippen LogP contribution in [0.1, 0.15) is 0 Å². The maximum absolute atomic E-state index is 5.77. The first kappa shape index (κ1) is 9.96. The number of nitrogens with zero attached hydrogens (tertiary/aromatic N) is 1. The zero-order valence-corrected chi connectivity index (χ0v) is 10.9. The van der Waals surface area contributed by atoms with Gasteiger partial charge in [0.25, 0.3) is 0 Å². The molecule has 2 nitrogen and oxygen atoms in total. The predicted octanol–water partition coefficient (Wildman–Crippen LogP) is 4.37. The Labute approximate surface area is 107 Å². The predicted molar refractivity (Wildman–Crippen MR) is 76.1 cm³/mol. The van der Waals surface area contributed by atoms with Crippen molar-refractivity contribution in [1.82, 2.24) is 0 Å². The molecule has 3 aromatic rings. The third-order valence-electron chi connectivity index (χ3n) is 2.72. The van der Waals surface area contributed by atoms with Crippen molar-refractivity contribution in [3.05, 3.63) is 42.5 Å². The normalized spacial score (nSPS) is 11.1. The van der Waals surface area contributed by atoms with Gasteiger partial charge in [0.2, 0.25) is 0 Å². The van der Waals surface area contributed by atoms with Crippen molar-refractivity contribution in [3.8, 4) is 0 Å². The molecule has 0 aliphatic carbocycles. The smallest absolute Gasteiger partial charge is 0.135 e. The van der Waals surface area contributed by atoms with Crippen molar-refractivity contribution in [3.63, 3.8) is 0 Å². The average molecular weight is 323 g/mol. The Morgan fingerprint density at radius 1 is 1.00 bits per heavy atom. The minimum atomic E-state index is 0.947. The van der Waals surface area contributed by atoms with Crippen molar-refractivity contribution < 1.29 is 4.42 Å². The standard InChI is InChI=1S/C13H10INO/c1-15(14)9-6-7-13-11(8-9)10-4-2-3-5-12(10)16-13/h2-8H,1H3. The minimum Gasteiger partial charge on any atom is -0.456 e. The van der Waals surface area contributed by atoms with Gasteiger partial charge in [-0.3, -0.25) is 0 Å². The molecule has 3 rings (SSSR count). The van der Waals surface area contributed by atoms with E-state index in [1.807, 2.05) is 31.3 Å². The van der Waals surface area contributed by atoms with Crippen molar-refractivity contribution in [1.29, 1.82) is 0 Å². The molecule has 1 heterocycles. The van der Waals surface area contributed by atoms with E-state index in [0.717, 1.165) is 11.2 Å². The average Bonchev–Trinajstić information content (AvgIpc) is 2.66. The van der Waals surface area contributed by atoms with Crippen LogP contribution in [0.5, 0.6) is 0 Å². The Morgan fingerprint density at radius 2 is 1.75 bits per heavy atom. The molecule has 16 heavy (non-hydrogen) atoms. The molecule has 80 valence electrons. The molecule has 3 heteroatoms. The van der Waals surface area contributed by atoms with E-state index in [-0.39, 0.29) is 0 Å². The van der Waals surface area contributed by atoms with Gasteiger partial charge >= 0.3 is 0 Å². The molecule has 0 aliphatic heterocycles. The van der Waals surface area contributed by atoms with E-state index in [2.05, 4.69) is 44.2 Å². The summed E-state index contributed by atoms with van der Waals surface area (Å²) in [4.78, 5) is 0. The molecule has 0 atom stereocenters. The summed E-state index contributed by atoms with van der Waals surface area (Å²) in [6, 6.07) is 14.4. The van der Waals surface area contributed by atoms with Gasteiger partial charge in [-0.15, -0.1) is 0 Å². The first-order chi connectivity index (χ1) is 7.75.